The van der Waals surface area contributed by atoms with Gasteiger partial charge in [-0.05, 0) is 42.9 Å². The van der Waals surface area contributed by atoms with Gasteiger partial charge in [-0.25, -0.2) is 4.79 Å². The largest absolute Gasteiger partial charge is 0.444 e. The third-order valence-electron chi connectivity index (χ3n) is 5.81. The van der Waals surface area contributed by atoms with Gasteiger partial charge in [-0.2, -0.15) is 0 Å². The van der Waals surface area contributed by atoms with Crippen LogP contribution < -0.4 is 0 Å². The summed E-state index contributed by atoms with van der Waals surface area (Å²) < 4.78 is 5.54. The Balaban J connectivity index is 1.79. The van der Waals surface area contributed by atoms with E-state index in [0.717, 1.165) is 0 Å². The van der Waals surface area contributed by atoms with Crippen LogP contribution in [0.1, 0.15) is 58.2 Å². The van der Waals surface area contributed by atoms with E-state index >= 15 is 0 Å². The maximum absolute atomic E-state index is 12.6. The van der Waals surface area contributed by atoms with Crippen molar-refractivity contribution in [1.29, 1.82) is 0 Å². The average Bonchev–Trinajstić information content (AvgIpc) is 3.09. The molecule has 0 spiro atoms. The Bertz CT molecular complexity index is 882. The van der Waals surface area contributed by atoms with Crippen LogP contribution in [0.25, 0.3) is 0 Å². The highest BCUT2D eigenvalue weighted by molar-refractivity contribution is 5.68. The van der Waals surface area contributed by atoms with Gasteiger partial charge in [-0.3, -0.25) is 4.90 Å². The minimum absolute atomic E-state index is 0.109. The number of β-amino-alcohol motifs (C(OH)–C–C–N with tert-alkyl or cyclic N) is 1. The molecule has 1 fully saturated rings. The molecule has 5 heteroatoms. The zero-order chi connectivity index (χ0) is 23.5. The number of likely N-dealkylation sites (tertiary alicyclic amines) is 1. The summed E-state index contributed by atoms with van der Waals surface area (Å²) in [5, 5.41) is 10.9. The zero-order valence-electron chi connectivity index (χ0n) is 20.3. The van der Waals surface area contributed by atoms with Gasteiger partial charge in [0.25, 0.3) is 0 Å². The molecule has 32 heavy (non-hydrogen) atoms. The Morgan fingerprint density at radius 2 is 1.50 bits per heavy atom. The number of aliphatic hydroxyl groups is 1. The Morgan fingerprint density at radius 1 is 0.938 bits per heavy atom. The molecule has 3 rings (SSSR count). The predicted molar refractivity (Wildman–Crippen MR) is 128 cm³/mol. The molecule has 174 valence electrons. The third kappa shape index (κ3) is 6.57. The summed E-state index contributed by atoms with van der Waals surface area (Å²) >= 11 is 0. The highest BCUT2D eigenvalue weighted by Crippen LogP contribution is 2.25. The molecular weight excluding hydrogens is 400 g/mol. The van der Waals surface area contributed by atoms with E-state index in [1.165, 1.54) is 16.7 Å². The van der Waals surface area contributed by atoms with Gasteiger partial charge in [0, 0.05) is 19.6 Å². The summed E-state index contributed by atoms with van der Waals surface area (Å²) in [5.74, 6) is 0. The number of rotatable bonds is 5. The van der Waals surface area contributed by atoms with Crippen molar-refractivity contribution in [3.63, 3.8) is 0 Å². The van der Waals surface area contributed by atoms with Crippen LogP contribution in [0.4, 0.5) is 4.79 Å². The second-order valence-electron chi connectivity index (χ2n) is 10.9. The number of ether oxygens (including phenoxy) is 1. The molecule has 5 nitrogen and oxygen atoms in total. The second kappa shape index (κ2) is 9.63. The summed E-state index contributed by atoms with van der Waals surface area (Å²) in [7, 11) is 0. The topological polar surface area (TPSA) is 53.0 Å². The van der Waals surface area contributed by atoms with E-state index in [9.17, 15) is 9.90 Å². The van der Waals surface area contributed by atoms with E-state index in [1.54, 1.807) is 4.90 Å². The first-order valence-electron chi connectivity index (χ1n) is 11.5. The molecule has 1 saturated heterocycles. The second-order valence-corrected chi connectivity index (χ2v) is 10.9. The summed E-state index contributed by atoms with van der Waals surface area (Å²) in [6.45, 7) is 14.3. The lowest BCUT2D eigenvalue weighted by Crippen LogP contribution is -2.43. The molecule has 1 heterocycles. The molecule has 1 amide bonds. The molecule has 0 bridgehead atoms. The van der Waals surface area contributed by atoms with Crippen LogP contribution in [0.5, 0.6) is 0 Å². The van der Waals surface area contributed by atoms with Crippen LogP contribution in [0.3, 0.4) is 0 Å². The number of benzene rings is 2. The monoisotopic (exact) mass is 438 g/mol. The van der Waals surface area contributed by atoms with Gasteiger partial charge < -0.3 is 14.7 Å². The fraction of sp³-hybridized carbons (Fsp3) is 0.519. The lowest BCUT2D eigenvalue weighted by molar-refractivity contribution is 0.0269. The highest BCUT2D eigenvalue weighted by atomic mass is 16.6. The summed E-state index contributed by atoms with van der Waals surface area (Å²) in [4.78, 5) is 16.5. The fourth-order valence-corrected chi connectivity index (χ4v) is 4.06. The Morgan fingerprint density at radius 3 is 2.03 bits per heavy atom. The van der Waals surface area contributed by atoms with Crippen molar-refractivity contribution < 1.29 is 14.6 Å². The van der Waals surface area contributed by atoms with Crippen molar-refractivity contribution in [2.45, 2.75) is 77.8 Å². The fourth-order valence-electron chi connectivity index (χ4n) is 4.06. The van der Waals surface area contributed by atoms with Crippen molar-refractivity contribution >= 4 is 6.09 Å². The third-order valence-corrected chi connectivity index (χ3v) is 5.81. The number of aliphatic hydroxyl groups excluding tert-OH is 1. The van der Waals surface area contributed by atoms with Gasteiger partial charge in [0.1, 0.15) is 5.60 Å². The molecule has 0 saturated carbocycles. The average molecular weight is 439 g/mol. The molecule has 2 aromatic carbocycles. The number of carbonyl (C=O) groups excluding carboxylic acids is 1. The van der Waals surface area contributed by atoms with Crippen LogP contribution >= 0.6 is 0 Å². The maximum atomic E-state index is 12.6. The van der Waals surface area contributed by atoms with Crippen LogP contribution in [-0.2, 0) is 23.2 Å². The van der Waals surface area contributed by atoms with Crippen LogP contribution in [0.2, 0.25) is 0 Å². The summed E-state index contributed by atoms with van der Waals surface area (Å²) in [6.07, 6.45) is -0.992. The first-order valence-corrected chi connectivity index (χ1v) is 11.5. The normalized spacial score (nSPS) is 19.4. The number of amides is 1. The van der Waals surface area contributed by atoms with Gasteiger partial charge in [0.05, 0.1) is 18.7 Å². The first kappa shape index (κ1) is 24.3. The number of nitrogens with zero attached hydrogens (tertiary/aromatic N) is 2. The van der Waals surface area contributed by atoms with E-state index in [-0.39, 0.29) is 24.1 Å². The molecule has 0 aliphatic carbocycles. The quantitative estimate of drug-likeness (QED) is 0.716. The SMILES string of the molecule is CC(C)(C)OC(=O)N1C[C@@H](O)[C@H](N(Cc2ccccc2)Cc2ccc(C(C)(C)C)cc2)C1. The Labute approximate surface area is 193 Å². The molecule has 1 N–H and O–H groups in total. The lowest BCUT2D eigenvalue weighted by atomic mass is 9.86. The van der Waals surface area contributed by atoms with Gasteiger partial charge in [-0.1, -0.05) is 75.4 Å². The minimum atomic E-state index is -0.625. The van der Waals surface area contributed by atoms with Gasteiger partial charge in [-0.15, -0.1) is 0 Å². The molecule has 2 aromatic rings. The van der Waals surface area contributed by atoms with E-state index in [0.29, 0.717) is 19.6 Å². The summed E-state index contributed by atoms with van der Waals surface area (Å²) in [5.41, 5.74) is 3.22. The summed E-state index contributed by atoms with van der Waals surface area (Å²) in [6, 6.07) is 18.8. The molecule has 0 radical (unpaired) electrons. The Kier molecular flexibility index (Phi) is 7.31. The Hall–Kier alpha value is -2.37. The van der Waals surface area contributed by atoms with Gasteiger partial charge in [0.2, 0.25) is 0 Å². The zero-order valence-corrected chi connectivity index (χ0v) is 20.3. The van der Waals surface area contributed by atoms with Crippen molar-refractivity contribution in [3.8, 4) is 0 Å². The van der Waals surface area contributed by atoms with Crippen LogP contribution in [-0.4, -0.2) is 51.8 Å². The molecular formula is C27H38N2O3. The smallest absolute Gasteiger partial charge is 0.410 e. The molecule has 0 unspecified atom stereocenters. The highest BCUT2D eigenvalue weighted by Gasteiger charge is 2.39. The number of hydrogen-bond acceptors (Lipinski definition) is 4. The van der Waals surface area contributed by atoms with Crippen molar-refractivity contribution in [1.82, 2.24) is 9.80 Å². The van der Waals surface area contributed by atoms with E-state index in [2.05, 4.69) is 62.1 Å². The first-order chi connectivity index (χ1) is 14.9. The lowest BCUT2D eigenvalue weighted by Gasteiger charge is -2.31. The number of hydrogen-bond donors (Lipinski definition) is 1. The number of carbonyl (C=O) groups is 1. The molecule has 2 atom stereocenters. The van der Waals surface area contributed by atoms with Crippen LogP contribution in [0.15, 0.2) is 54.6 Å². The minimum Gasteiger partial charge on any atom is -0.444 e. The maximum Gasteiger partial charge on any atom is 0.410 e. The predicted octanol–water partition coefficient (Wildman–Crippen LogP) is 4.97. The molecule has 1 aliphatic heterocycles. The van der Waals surface area contributed by atoms with Gasteiger partial charge >= 0.3 is 6.09 Å². The molecule has 0 aromatic heterocycles. The molecule has 1 aliphatic rings. The van der Waals surface area contributed by atoms with Crippen LogP contribution in [0, 0.1) is 0 Å². The van der Waals surface area contributed by atoms with Crippen molar-refractivity contribution in [2.24, 2.45) is 0 Å². The van der Waals surface area contributed by atoms with E-state index in [1.807, 2.05) is 39.0 Å². The van der Waals surface area contributed by atoms with E-state index < -0.39 is 11.7 Å². The van der Waals surface area contributed by atoms with Crippen molar-refractivity contribution in [3.05, 3.63) is 71.3 Å². The van der Waals surface area contributed by atoms with Crippen molar-refractivity contribution in [2.75, 3.05) is 13.1 Å². The standard InChI is InChI=1S/C27H38N2O3/c1-26(2,3)22-14-12-21(13-15-22)17-28(16-20-10-8-7-9-11-20)23-18-29(19-24(23)30)25(31)32-27(4,5)6/h7-15,23-24,30H,16-19H2,1-6H3/t23-,24-/m1/s1. The van der Waals surface area contributed by atoms with E-state index in [4.69, 9.17) is 4.74 Å². The van der Waals surface area contributed by atoms with Gasteiger partial charge in [0.15, 0.2) is 0 Å².